The molecule has 1 rings (SSSR count). The maximum atomic E-state index is 7.00. The predicted molar refractivity (Wildman–Crippen MR) is 75.6 cm³/mol. The van der Waals surface area contributed by atoms with Crippen molar-refractivity contribution in [3.8, 4) is 0 Å². The van der Waals surface area contributed by atoms with Gasteiger partial charge in [0.1, 0.15) is 0 Å². The molecule has 0 unspecified atom stereocenters. The van der Waals surface area contributed by atoms with Crippen LogP contribution in [0, 0.1) is 0 Å². The van der Waals surface area contributed by atoms with Crippen LogP contribution in [-0.2, 0) is 14.0 Å². The number of allylic oxidation sites excluding steroid dienone is 4. The van der Waals surface area contributed by atoms with Crippen LogP contribution in [0.4, 0.5) is 0 Å². The van der Waals surface area contributed by atoms with E-state index in [1.165, 1.54) is 6.42 Å². The van der Waals surface area contributed by atoms with Crippen LogP contribution >= 0.6 is 0 Å². The Labute approximate surface area is 105 Å². The Morgan fingerprint density at radius 2 is 1.18 bits per heavy atom. The van der Waals surface area contributed by atoms with E-state index in [2.05, 4.69) is 44.4 Å². The van der Waals surface area contributed by atoms with Gasteiger partial charge in [-0.15, -0.1) is 0 Å². The van der Waals surface area contributed by atoms with Gasteiger partial charge in [-0.05, 0) is 0 Å². The summed E-state index contributed by atoms with van der Waals surface area (Å²) in [6, 6.07) is 0. The molecule has 0 saturated carbocycles. The number of hydrogen-bond donors (Lipinski definition) is 3. The van der Waals surface area contributed by atoms with Gasteiger partial charge in [-0.1, -0.05) is 0 Å². The molecule has 0 aromatic carbocycles. The van der Waals surface area contributed by atoms with Gasteiger partial charge in [-0.25, -0.2) is 0 Å². The number of hydrogen-bond acceptors (Lipinski definition) is 3. The van der Waals surface area contributed by atoms with Crippen LogP contribution in [0.3, 0.4) is 0 Å². The van der Waals surface area contributed by atoms with Gasteiger partial charge in [0.15, 0.2) is 0 Å². The molecule has 1 aliphatic carbocycles. The molecule has 0 atom stereocenters. The molecule has 0 saturated heterocycles. The Kier molecular flexibility index (Phi) is 9.82. The minimum atomic E-state index is -2.61. The summed E-state index contributed by atoms with van der Waals surface area (Å²) in [5.74, 6) is 0. The van der Waals surface area contributed by atoms with Gasteiger partial charge in [0.2, 0.25) is 0 Å². The zero-order valence-corrected chi connectivity index (χ0v) is 14.3. The molecular formula is C13H32O3Ti. The fourth-order valence-corrected chi connectivity index (χ4v) is 4.60. The second kappa shape index (κ2) is 7.50. The molecule has 0 radical (unpaired) electrons. The summed E-state index contributed by atoms with van der Waals surface area (Å²) >= 11 is -2.61. The standard InChI is InChI=1S/C5H5.3CH4O.5CH3.Ti/c1-2-4-5-3-1;3*1-2;;;;;;/h1-3H,4H2;3*2H,1H3;5*1H3;. The van der Waals surface area contributed by atoms with E-state index in [1.807, 2.05) is 0 Å². The van der Waals surface area contributed by atoms with E-state index < -0.39 is 14.0 Å². The van der Waals surface area contributed by atoms with Crippen molar-refractivity contribution in [3.63, 3.8) is 0 Å². The minimum absolute atomic E-state index is 1.00. The molecule has 0 spiro atoms. The molecule has 0 aromatic heterocycles. The van der Waals surface area contributed by atoms with E-state index in [1.54, 1.807) is 3.88 Å². The summed E-state index contributed by atoms with van der Waals surface area (Å²) in [5, 5.41) is 33.4. The Hall–Kier alpha value is 0.0743. The fourth-order valence-electron chi connectivity index (χ4n) is 1.37. The van der Waals surface area contributed by atoms with Gasteiger partial charge < -0.3 is 15.3 Å². The van der Waals surface area contributed by atoms with Gasteiger partial charge >= 0.3 is 68.7 Å². The molecule has 0 amide bonds. The Morgan fingerprint density at radius 1 is 0.824 bits per heavy atom. The first-order valence-electron chi connectivity index (χ1n) is 5.81. The number of rotatable bonds is 1. The summed E-state index contributed by atoms with van der Waals surface area (Å²) in [4.78, 5) is 0. The van der Waals surface area contributed by atoms with Crippen molar-refractivity contribution in [1.82, 2.24) is 0 Å². The van der Waals surface area contributed by atoms with Crippen LogP contribution in [-0.4, -0.2) is 36.6 Å². The molecule has 0 aliphatic heterocycles. The molecule has 0 aromatic rings. The first kappa shape index (κ1) is 22.3. The van der Waals surface area contributed by atoms with Crippen LogP contribution in [0.15, 0.2) is 22.1 Å². The van der Waals surface area contributed by atoms with Crippen LogP contribution in [0.2, 0.25) is 26.1 Å². The van der Waals surface area contributed by atoms with Gasteiger partial charge in [0.25, 0.3) is 0 Å². The van der Waals surface area contributed by atoms with Crippen molar-refractivity contribution < 1.29 is 29.3 Å². The van der Waals surface area contributed by atoms with Crippen molar-refractivity contribution in [3.05, 3.63) is 22.1 Å². The van der Waals surface area contributed by atoms with Gasteiger partial charge in [-0.2, -0.15) is 0 Å². The van der Waals surface area contributed by atoms with Crippen molar-refractivity contribution in [2.24, 2.45) is 0 Å². The first-order chi connectivity index (χ1) is 7.59. The molecular weight excluding hydrogens is 252 g/mol. The molecule has 106 valence electrons. The first-order valence-corrected chi connectivity index (χ1v) is 14.4. The molecule has 3 nitrogen and oxygen atoms in total. The zero-order valence-electron chi connectivity index (χ0n) is 12.8. The van der Waals surface area contributed by atoms with Crippen molar-refractivity contribution in [1.29, 1.82) is 0 Å². The molecule has 17 heavy (non-hydrogen) atoms. The zero-order chi connectivity index (χ0) is 14.8. The van der Waals surface area contributed by atoms with Crippen molar-refractivity contribution in [2.75, 3.05) is 21.3 Å². The van der Waals surface area contributed by atoms with E-state index in [9.17, 15) is 0 Å². The number of aliphatic hydroxyl groups is 3. The molecule has 3 N–H and O–H groups in total. The maximum absolute atomic E-state index is 7.00. The summed E-state index contributed by atoms with van der Waals surface area (Å²) in [6.45, 7) is 0. The Bertz CT molecular complexity index is 244. The third-order valence-corrected chi connectivity index (χ3v) is 7.97. The topological polar surface area (TPSA) is 60.7 Å². The number of aliphatic hydroxyl groups excluding tert-OH is 3. The predicted octanol–water partition coefficient (Wildman–Crippen LogP) is 3.12. The van der Waals surface area contributed by atoms with Crippen LogP contribution in [0.25, 0.3) is 0 Å². The summed E-state index contributed by atoms with van der Waals surface area (Å²) < 4.78 is 1.70. The van der Waals surface area contributed by atoms with E-state index in [0.29, 0.717) is 0 Å². The SMILES string of the molecule is CO.CO.CO.[CH3][Ti]([CH3])([CH3])([CH3])([CH3])[C]1=CC=CC1. The molecule has 4 heteroatoms. The van der Waals surface area contributed by atoms with Crippen LogP contribution in [0.1, 0.15) is 6.42 Å². The van der Waals surface area contributed by atoms with Crippen LogP contribution < -0.4 is 0 Å². The van der Waals surface area contributed by atoms with Gasteiger partial charge in [0, 0.05) is 21.3 Å². The Balaban J connectivity index is -0.000000285. The van der Waals surface area contributed by atoms with E-state index in [-0.39, 0.29) is 0 Å². The van der Waals surface area contributed by atoms with Crippen LogP contribution in [0.5, 0.6) is 0 Å². The van der Waals surface area contributed by atoms with Gasteiger partial charge in [-0.3, -0.25) is 0 Å². The fraction of sp³-hybridized carbons (Fsp3) is 0.692. The monoisotopic (exact) mass is 284 g/mol. The molecule has 0 heterocycles. The summed E-state index contributed by atoms with van der Waals surface area (Å²) in [6.07, 6.45) is 7.98. The molecule has 0 bridgehead atoms. The summed E-state index contributed by atoms with van der Waals surface area (Å²) in [5.41, 5.74) is 0. The second-order valence-electron chi connectivity index (χ2n) is 7.57. The quantitative estimate of drug-likeness (QED) is 0.648. The van der Waals surface area contributed by atoms with E-state index in [4.69, 9.17) is 15.3 Å². The third kappa shape index (κ3) is 10.9. The summed E-state index contributed by atoms with van der Waals surface area (Å²) in [7, 11) is 3.00. The second-order valence-corrected chi connectivity index (χ2v) is 28.1. The van der Waals surface area contributed by atoms with E-state index >= 15 is 0 Å². The third-order valence-electron chi connectivity index (χ3n) is 2.38. The molecule has 1 aliphatic rings. The van der Waals surface area contributed by atoms with Gasteiger partial charge in [0.05, 0.1) is 0 Å². The van der Waals surface area contributed by atoms with E-state index in [0.717, 1.165) is 21.3 Å². The average Bonchev–Trinajstić information content (AvgIpc) is 2.78. The Morgan fingerprint density at radius 3 is 1.29 bits per heavy atom. The van der Waals surface area contributed by atoms with Crippen molar-refractivity contribution >= 4 is 0 Å². The molecule has 0 fully saturated rings. The van der Waals surface area contributed by atoms with Crippen molar-refractivity contribution in [2.45, 2.75) is 32.6 Å². The normalized spacial score (nSPS) is 16.8. The average molecular weight is 284 g/mol.